The first-order valence-electron chi connectivity index (χ1n) is 9.50. The highest BCUT2D eigenvalue weighted by molar-refractivity contribution is 6.31. The van der Waals surface area contributed by atoms with Crippen LogP contribution < -0.4 is 20.2 Å². The summed E-state index contributed by atoms with van der Waals surface area (Å²) >= 11 is 6.26. The number of aromatic nitrogens is 1. The molecule has 1 N–H and O–H groups in total. The molecule has 29 heavy (non-hydrogen) atoms. The summed E-state index contributed by atoms with van der Waals surface area (Å²) in [4.78, 5) is 7.62. The van der Waals surface area contributed by atoms with Crippen LogP contribution in [0, 0.1) is 12.7 Å². The second-order valence-electron chi connectivity index (χ2n) is 7.11. The van der Waals surface area contributed by atoms with E-state index in [1.54, 1.807) is 13.2 Å². The van der Waals surface area contributed by atoms with Crippen LogP contribution in [0.2, 0.25) is 5.02 Å². The first kappa shape index (κ1) is 19.5. The number of hydrogen-bond donors (Lipinski definition) is 1. The van der Waals surface area contributed by atoms with Crippen molar-refractivity contribution in [3.05, 3.63) is 80.3 Å². The van der Waals surface area contributed by atoms with E-state index >= 15 is 0 Å². The normalized spacial score (nSPS) is 12.7. The maximum Gasteiger partial charge on any atom is 0.164 e. The Balaban J connectivity index is 1.58. The Morgan fingerprint density at radius 2 is 2.00 bits per heavy atom. The van der Waals surface area contributed by atoms with Gasteiger partial charge in [-0.3, -0.25) is 4.99 Å². The van der Waals surface area contributed by atoms with E-state index in [4.69, 9.17) is 21.1 Å². The number of hydrogen-bond acceptors (Lipinski definition) is 3. The molecule has 2 aromatic carbocycles. The molecule has 3 aromatic rings. The molecule has 1 aliphatic rings. The van der Waals surface area contributed by atoms with Crippen LogP contribution in [0.1, 0.15) is 28.7 Å². The number of fused-ring (bicyclic) bond motifs is 1. The van der Waals surface area contributed by atoms with Gasteiger partial charge >= 0.3 is 0 Å². The third kappa shape index (κ3) is 4.15. The third-order valence-electron chi connectivity index (χ3n) is 5.04. The minimum Gasteiger partial charge on any atom is -0.493 e. The fraction of sp³-hybridized carbons (Fsp3) is 0.261. The highest BCUT2D eigenvalue weighted by Crippen LogP contribution is 2.32. The van der Waals surface area contributed by atoms with Crippen molar-refractivity contribution in [2.45, 2.75) is 26.4 Å². The predicted molar refractivity (Wildman–Crippen MR) is 112 cm³/mol. The monoisotopic (exact) mass is 412 g/mol. The Morgan fingerprint density at radius 3 is 2.79 bits per heavy atom. The Labute approximate surface area is 173 Å². The summed E-state index contributed by atoms with van der Waals surface area (Å²) in [6.07, 6.45) is 5.39. The average Bonchev–Trinajstić information content (AvgIpc) is 3.12. The summed E-state index contributed by atoms with van der Waals surface area (Å²) < 4.78 is 26.1. The van der Waals surface area contributed by atoms with E-state index in [-0.39, 0.29) is 12.4 Å². The first-order chi connectivity index (χ1) is 14.0. The third-order valence-corrected chi connectivity index (χ3v) is 5.39. The molecule has 0 atom stereocenters. The summed E-state index contributed by atoms with van der Waals surface area (Å²) in [7, 11) is 1.55. The van der Waals surface area contributed by atoms with E-state index in [9.17, 15) is 4.39 Å². The topological polar surface area (TPSA) is 46.6 Å². The minimum atomic E-state index is -0.335. The standard InChI is InChI=1S/C23H22ClFN2O2/c1-14-5-6-15(19(24)8-14)13-29-22-11-20(25)16(10-21(22)28-2)9-17-12-27-23-18(17)4-3-7-26-23/h4-6,8,10-12H,3,7,9,13H2,1-2H3,(H,26,27). The molecule has 4 rings (SSSR count). The van der Waals surface area contributed by atoms with Gasteiger partial charge in [-0.05, 0) is 42.2 Å². The zero-order valence-corrected chi connectivity index (χ0v) is 17.1. The molecule has 0 saturated carbocycles. The van der Waals surface area contributed by atoms with Crippen molar-refractivity contribution in [3.63, 3.8) is 0 Å². The largest absolute Gasteiger partial charge is 0.493 e. The zero-order chi connectivity index (χ0) is 20.4. The van der Waals surface area contributed by atoms with Crippen LogP contribution in [0.4, 0.5) is 4.39 Å². The van der Waals surface area contributed by atoms with Gasteiger partial charge in [-0.2, -0.15) is 0 Å². The van der Waals surface area contributed by atoms with E-state index in [1.807, 2.05) is 31.3 Å². The molecule has 0 spiro atoms. The lowest BCUT2D eigenvalue weighted by Crippen LogP contribution is -2.28. The molecular weight excluding hydrogens is 391 g/mol. The maximum absolute atomic E-state index is 14.8. The lowest BCUT2D eigenvalue weighted by molar-refractivity contribution is 0.282. The molecule has 2 heterocycles. The van der Waals surface area contributed by atoms with Crippen LogP contribution in [0.15, 0.2) is 41.5 Å². The van der Waals surface area contributed by atoms with Gasteiger partial charge in [0.1, 0.15) is 17.9 Å². The molecule has 6 heteroatoms. The van der Waals surface area contributed by atoms with Crippen molar-refractivity contribution in [2.24, 2.45) is 4.99 Å². The predicted octanol–water partition coefficient (Wildman–Crippen LogP) is 4.10. The van der Waals surface area contributed by atoms with Gasteiger partial charge in [0.25, 0.3) is 0 Å². The van der Waals surface area contributed by atoms with Crippen LogP contribution in [0.5, 0.6) is 11.5 Å². The molecule has 0 fully saturated rings. The van der Waals surface area contributed by atoms with Gasteiger partial charge in [-0.15, -0.1) is 0 Å². The van der Waals surface area contributed by atoms with Gasteiger partial charge in [0.05, 0.1) is 7.11 Å². The molecule has 0 radical (unpaired) electrons. The van der Waals surface area contributed by atoms with E-state index in [0.29, 0.717) is 28.5 Å². The first-order valence-corrected chi connectivity index (χ1v) is 9.88. The second-order valence-corrected chi connectivity index (χ2v) is 7.51. The summed E-state index contributed by atoms with van der Waals surface area (Å²) in [6, 6.07) is 8.82. The van der Waals surface area contributed by atoms with Crippen molar-refractivity contribution in [2.75, 3.05) is 13.7 Å². The van der Waals surface area contributed by atoms with Gasteiger partial charge in [0.2, 0.25) is 0 Å². The van der Waals surface area contributed by atoms with Gasteiger partial charge in [0.15, 0.2) is 11.5 Å². The molecule has 0 bridgehead atoms. The molecule has 150 valence electrons. The Morgan fingerprint density at radius 1 is 1.14 bits per heavy atom. The number of aryl methyl sites for hydroxylation is 1. The van der Waals surface area contributed by atoms with E-state index < -0.39 is 0 Å². The maximum atomic E-state index is 14.8. The van der Waals surface area contributed by atoms with Gasteiger partial charge in [-0.25, -0.2) is 4.39 Å². The lowest BCUT2D eigenvalue weighted by atomic mass is 10.0. The number of ether oxygens (including phenoxy) is 2. The van der Waals surface area contributed by atoms with Crippen LogP contribution in [-0.2, 0) is 13.0 Å². The highest BCUT2D eigenvalue weighted by atomic mass is 35.5. The fourth-order valence-electron chi connectivity index (χ4n) is 3.47. The van der Waals surface area contributed by atoms with Crippen molar-refractivity contribution in [1.82, 2.24) is 4.98 Å². The Bertz CT molecular complexity index is 1170. The highest BCUT2D eigenvalue weighted by Gasteiger charge is 2.15. The van der Waals surface area contributed by atoms with Crippen LogP contribution in [0.25, 0.3) is 6.08 Å². The van der Waals surface area contributed by atoms with Crippen molar-refractivity contribution < 1.29 is 13.9 Å². The summed E-state index contributed by atoms with van der Waals surface area (Å²) in [5.74, 6) is 0.504. The van der Waals surface area contributed by atoms with Crippen LogP contribution in [-0.4, -0.2) is 18.6 Å². The lowest BCUT2D eigenvalue weighted by Gasteiger charge is -2.14. The summed E-state index contributed by atoms with van der Waals surface area (Å²) in [6.45, 7) is 2.99. The molecule has 1 aliphatic heterocycles. The Hall–Kier alpha value is -2.79. The molecule has 0 unspecified atom stereocenters. The van der Waals surface area contributed by atoms with Crippen molar-refractivity contribution >= 4 is 17.7 Å². The molecule has 1 aromatic heterocycles. The van der Waals surface area contributed by atoms with Crippen molar-refractivity contribution in [1.29, 1.82) is 0 Å². The number of aromatic amines is 1. The van der Waals surface area contributed by atoms with E-state index in [0.717, 1.165) is 40.4 Å². The molecule has 0 aliphatic carbocycles. The fourth-order valence-corrected chi connectivity index (χ4v) is 3.76. The molecule has 0 amide bonds. The number of H-pyrrole nitrogens is 1. The number of halogens is 2. The second kappa shape index (κ2) is 8.29. The minimum absolute atomic E-state index is 0.232. The van der Waals surface area contributed by atoms with E-state index in [1.165, 1.54) is 6.07 Å². The van der Waals surface area contributed by atoms with Crippen molar-refractivity contribution in [3.8, 4) is 11.5 Å². The van der Waals surface area contributed by atoms with Gasteiger partial charge < -0.3 is 14.5 Å². The summed E-state index contributed by atoms with van der Waals surface area (Å²) in [5, 5.41) is 1.68. The van der Waals surface area contributed by atoms with E-state index in [2.05, 4.69) is 16.1 Å². The summed E-state index contributed by atoms with van der Waals surface area (Å²) in [5.41, 5.74) is 4.34. The zero-order valence-electron chi connectivity index (χ0n) is 16.4. The number of nitrogens with one attached hydrogen (secondary N) is 1. The molecular formula is C23H22ClFN2O2. The van der Waals surface area contributed by atoms with Crippen LogP contribution in [0.3, 0.4) is 0 Å². The van der Waals surface area contributed by atoms with Crippen LogP contribution >= 0.6 is 11.6 Å². The number of nitrogens with zero attached hydrogens (tertiary/aromatic N) is 1. The average molecular weight is 413 g/mol. The quantitative estimate of drug-likeness (QED) is 0.662. The smallest absolute Gasteiger partial charge is 0.164 e. The molecule has 0 saturated heterocycles. The molecule has 4 nitrogen and oxygen atoms in total. The SMILES string of the molecule is COc1cc(Cc2c[nH]c3c2=CCCN=3)c(F)cc1OCc1ccc(C)cc1Cl. The number of rotatable bonds is 6. The Kier molecular flexibility index (Phi) is 5.58. The van der Waals surface area contributed by atoms with Gasteiger partial charge in [-0.1, -0.05) is 29.8 Å². The number of benzene rings is 2. The number of methoxy groups -OCH3 is 1. The van der Waals surface area contributed by atoms with Gasteiger partial charge in [0, 0.05) is 41.0 Å².